The van der Waals surface area contributed by atoms with Gasteiger partial charge in [0.1, 0.15) is 0 Å². The molecule has 1 saturated heterocycles. The standard InChI is InChI=1S/C17H19NO3/c1-18-7-6-17-10-3-5-13(20)16(17)21-15-12(19)4-2-9(14(15)17)8-11(10)18/h2,4,10-11,16,19H,3,5-8H2,1H3/t10-,11+,16-,17-/m0/s1/i5D2,16D. The number of Topliss-reactive ketones (excluding diaryl/α,β-unsaturated/α-hetero) is 1. The minimum absolute atomic E-state index is 0.0614. The summed E-state index contributed by atoms with van der Waals surface area (Å²) in [6, 6.07) is 3.50. The van der Waals surface area contributed by atoms with Gasteiger partial charge >= 0.3 is 0 Å². The number of aromatic hydroxyl groups is 1. The van der Waals surface area contributed by atoms with Crippen molar-refractivity contribution in [1.29, 1.82) is 0 Å². The van der Waals surface area contributed by atoms with Gasteiger partial charge < -0.3 is 14.7 Å². The van der Waals surface area contributed by atoms with Crippen LogP contribution in [0.15, 0.2) is 12.1 Å². The molecule has 4 aliphatic rings. The number of hydrogen-bond acceptors (Lipinski definition) is 4. The van der Waals surface area contributed by atoms with E-state index in [9.17, 15) is 9.90 Å². The Balaban J connectivity index is 1.87. The molecule has 1 aromatic carbocycles. The molecule has 1 aromatic rings. The van der Waals surface area contributed by atoms with Crippen molar-refractivity contribution in [3.05, 3.63) is 23.3 Å². The summed E-state index contributed by atoms with van der Waals surface area (Å²) in [6.07, 6.45) is -2.66. The molecule has 1 N–H and O–H groups in total. The molecule has 0 radical (unpaired) electrons. The SMILES string of the molecule is [2H]C1([2H])C[C@H]2[C@H]3Cc4ccc(O)c5c4[C@@]2(CCN3C)[C@@]([2H])(O5)C1=O. The van der Waals surface area contributed by atoms with Crippen molar-refractivity contribution in [2.75, 3.05) is 13.6 Å². The van der Waals surface area contributed by atoms with Crippen LogP contribution in [-0.4, -0.2) is 41.5 Å². The van der Waals surface area contributed by atoms with Gasteiger partial charge in [0.15, 0.2) is 23.4 Å². The zero-order chi connectivity index (χ0) is 17.1. The molecule has 110 valence electrons. The Morgan fingerprint density at radius 3 is 3.29 bits per heavy atom. The van der Waals surface area contributed by atoms with Crippen LogP contribution in [0.2, 0.25) is 0 Å². The highest BCUT2D eigenvalue weighted by atomic mass is 16.5. The number of benzene rings is 1. The second-order valence-corrected chi connectivity index (χ2v) is 6.67. The molecule has 2 aliphatic heterocycles. The van der Waals surface area contributed by atoms with E-state index in [2.05, 4.69) is 4.90 Å². The Morgan fingerprint density at radius 1 is 1.57 bits per heavy atom. The third-order valence-electron chi connectivity index (χ3n) is 5.92. The minimum atomic E-state index is -2.08. The quantitative estimate of drug-likeness (QED) is 0.788. The topological polar surface area (TPSA) is 49.8 Å². The van der Waals surface area contributed by atoms with Crippen LogP contribution in [-0.2, 0) is 16.6 Å². The highest BCUT2D eigenvalue weighted by Crippen LogP contribution is 2.62. The smallest absolute Gasteiger partial charge is 0.174 e. The summed E-state index contributed by atoms with van der Waals surface area (Å²) in [5, 5.41) is 10.3. The molecule has 1 saturated carbocycles. The van der Waals surface area contributed by atoms with E-state index in [-0.39, 0.29) is 29.9 Å². The fraction of sp³-hybridized carbons (Fsp3) is 0.588. The number of phenolic OH excluding ortho intramolecular Hbond substituents is 1. The number of nitrogens with zero attached hydrogens (tertiary/aromatic N) is 1. The molecule has 4 heteroatoms. The van der Waals surface area contributed by atoms with Gasteiger partial charge in [-0.15, -0.1) is 0 Å². The Bertz CT molecular complexity index is 798. The van der Waals surface area contributed by atoms with Crippen LogP contribution in [0.4, 0.5) is 0 Å². The van der Waals surface area contributed by atoms with Gasteiger partial charge in [-0.2, -0.15) is 0 Å². The summed E-state index contributed by atoms with van der Waals surface area (Å²) in [7, 11) is 2.03. The number of ketones is 1. The first kappa shape index (κ1) is 9.46. The van der Waals surface area contributed by atoms with Gasteiger partial charge in [-0.25, -0.2) is 0 Å². The van der Waals surface area contributed by atoms with E-state index in [1.54, 1.807) is 6.07 Å². The lowest BCUT2D eigenvalue weighted by atomic mass is 9.52. The van der Waals surface area contributed by atoms with E-state index in [0.717, 1.165) is 24.1 Å². The van der Waals surface area contributed by atoms with E-state index in [1.807, 2.05) is 13.1 Å². The first-order chi connectivity index (χ1) is 11.2. The maximum atomic E-state index is 12.9. The van der Waals surface area contributed by atoms with Crippen LogP contribution in [0.5, 0.6) is 11.5 Å². The molecule has 0 aromatic heterocycles. The maximum absolute atomic E-state index is 12.9. The van der Waals surface area contributed by atoms with Gasteiger partial charge in [0.2, 0.25) is 0 Å². The fourth-order valence-corrected chi connectivity index (χ4v) is 4.98. The summed E-state index contributed by atoms with van der Waals surface area (Å²) >= 11 is 0. The molecule has 4 nitrogen and oxygen atoms in total. The average molecular weight is 288 g/mol. The molecular weight excluding hydrogens is 266 g/mol. The molecule has 1 spiro atoms. The Kier molecular flexibility index (Phi) is 1.63. The number of carbonyl (C=O) groups excluding carboxylic acids is 1. The molecule has 2 heterocycles. The molecule has 4 atom stereocenters. The van der Waals surface area contributed by atoms with E-state index in [0.29, 0.717) is 6.42 Å². The van der Waals surface area contributed by atoms with Gasteiger partial charge in [-0.05, 0) is 50.4 Å². The summed E-state index contributed by atoms with van der Waals surface area (Å²) in [4.78, 5) is 15.1. The van der Waals surface area contributed by atoms with Crippen LogP contribution in [0.3, 0.4) is 0 Å². The zero-order valence-electron chi connectivity index (χ0n) is 14.8. The van der Waals surface area contributed by atoms with E-state index < -0.39 is 23.7 Å². The lowest BCUT2D eigenvalue weighted by molar-refractivity contribution is -0.138. The normalized spacial score (nSPS) is 47.9. The van der Waals surface area contributed by atoms with Crippen LogP contribution >= 0.6 is 0 Å². The number of carbonyl (C=O) groups is 1. The second-order valence-electron chi connectivity index (χ2n) is 6.67. The number of likely N-dealkylation sites (tertiary alicyclic amines) is 1. The first-order valence-corrected chi connectivity index (χ1v) is 7.52. The summed E-state index contributed by atoms with van der Waals surface area (Å²) in [5.74, 6) is -0.815. The molecule has 2 bridgehead atoms. The zero-order valence-corrected chi connectivity index (χ0v) is 11.8. The largest absolute Gasteiger partial charge is 0.504 e. The van der Waals surface area contributed by atoms with Crippen LogP contribution in [0.25, 0.3) is 0 Å². The van der Waals surface area contributed by atoms with E-state index >= 15 is 0 Å². The maximum Gasteiger partial charge on any atom is 0.174 e. The van der Waals surface area contributed by atoms with Crippen LogP contribution in [0.1, 0.15) is 34.5 Å². The number of piperidine rings is 1. The molecule has 0 unspecified atom stereocenters. The van der Waals surface area contributed by atoms with Crippen molar-refractivity contribution >= 4 is 5.78 Å². The lowest BCUT2D eigenvalue weighted by Gasteiger charge is -2.57. The van der Waals surface area contributed by atoms with Gasteiger partial charge in [0.25, 0.3) is 0 Å². The molecule has 0 amide bonds. The summed E-state index contributed by atoms with van der Waals surface area (Å²) < 4.78 is 31.1. The molecule has 2 fully saturated rings. The van der Waals surface area contributed by atoms with Gasteiger partial charge in [0, 0.05) is 26.1 Å². The molecule has 2 aliphatic carbocycles. The predicted octanol–water partition coefficient (Wildman–Crippen LogP) is 1.63. The predicted molar refractivity (Wildman–Crippen MR) is 76.7 cm³/mol. The Hall–Kier alpha value is -1.55. The number of ether oxygens (including phenoxy) is 1. The average Bonchev–Trinajstić information content (AvgIpc) is 2.79. The molecule has 5 rings (SSSR count). The minimum Gasteiger partial charge on any atom is -0.504 e. The van der Waals surface area contributed by atoms with Crippen molar-refractivity contribution in [3.63, 3.8) is 0 Å². The number of phenols is 1. The van der Waals surface area contributed by atoms with Crippen molar-refractivity contribution < 1.29 is 18.8 Å². The highest BCUT2D eigenvalue weighted by molar-refractivity contribution is 5.89. The van der Waals surface area contributed by atoms with Gasteiger partial charge in [0.05, 0.1) is 1.37 Å². The van der Waals surface area contributed by atoms with Crippen molar-refractivity contribution in [3.8, 4) is 11.5 Å². The molecular formula is C17H19NO3. The molecule has 21 heavy (non-hydrogen) atoms. The van der Waals surface area contributed by atoms with Crippen molar-refractivity contribution in [2.45, 2.75) is 43.2 Å². The highest BCUT2D eigenvalue weighted by Gasteiger charge is 2.65. The van der Waals surface area contributed by atoms with E-state index in [1.165, 1.54) is 0 Å². The monoisotopic (exact) mass is 288 g/mol. The Labute approximate surface area is 127 Å². The fourth-order valence-electron chi connectivity index (χ4n) is 4.98. The number of hydrogen-bond donors (Lipinski definition) is 1. The third kappa shape index (κ3) is 1.20. The van der Waals surface area contributed by atoms with Crippen LogP contribution in [0, 0.1) is 5.92 Å². The van der Waals surface area contributed by atoms with Gasteiger partial charge in [-0.3, -0.25) is 4.79 Å². The van der Waals surface area contributed by atoms with Crippen molar-refractivity contribution in [2.24, 2.45) is 5.92 Å². The number of rotatable bonds is 0. The Morgan fingerprint density at radius 2 is 2.43 bits per heavy atom. The second kappa shape index (κ2) is 3.61. The van der Waals surface area contributed by atoms with E-state index in [4.69, 9.17) is 8.85 Å². The lowest BCUT2D eigenvalue weighted by Crippen LogP contribution is -2.65. The van der Waals surface area contributed by atoms with Gasteiger partial charge in [-0.1, -0.05) is 6.07 Å². The summed E-state index contributed by atoms with van der Waals surface area (Å²) in [6.45, 7) is 0.732. The number of likely N-dealkylation sites (N-methyl/N-ethyl adjacent to an activating group) is 1. The van der Waals surface area contributed by atoms with Crippen molar-refractivity contribution in [1.82, 2.24) is 4.90 Å². The summed E-state index contributed by atoms with van der Waals surface area (Å²) in [5.41, 5.74) is 0.949. The first-order valence-electron chi connectivity index (χ1n) is 9.02. The third-order valence-corrected chi connectivity index (χ3v) is 5.92. The van der Waals surface area contributed by atoms with Crippen LogP contribution < -0.4 is 4.74 Å².